The lowest BCUT2D eigenvalue weighted by Crippen LogP contribution is -2.56. The highest BCUT2D eigenvalue weighted by Gasteiger charge is 2.44. The van der Waals surface area contributed by atoms with Crippen molar-refractivity contribution in [3.63, 3.8) is 0 Å². The summed E-state index contributed by atoms with van der Waals surface area (Å²) in [5.41, 5.74) is -1.30. The van der Waals surface area contributed by atoms with Crippen LogP contribution in [-0.2, 0) is 9.53 Å². The van der Waals surface area contributed by atoms with Crippen LogP contribution >= 0.6 is 34.8 Å². The Morgan fingerprint density at radius 3 is 2.33 bits per heavy atom. The van der Waals surface area contributed by atoms with Gasteiger partial charge in [-0.2, -0.15) is 0 Å². The van der Waals surface area contributed by atoms with Gasteiger partial charge < -0.3 is 20.5 Å². The molecular weight excluding hydrogens is 343 g/mol. The van der Waals surface area contributed by atoms with Crippen molar-refractivity contribution in [2.45, 2.75) is 12.0 Å². The van der Waals surface area contributed by atoms with Crippen molar-refractivity contribution in [1.29, 1.82) is 0 Å². The van der Waals surface area contributed by atoms with Crippen LogP contribution in [0.4, 0.5) is 10.5 Å². The molecule has 1 aromatic rings. The zero-order valence-electron chi connectivity index (χ0n) is 10.6. The summed E-state index contributed by atoms with van der Waals surface area (Å²) in [6, 6.07) is 2.08. The summed E-state index contributed by atoms with van der Waals surface area (Å²) < 4.78 is 5.04. The number of amides is 2. The largest absolute Gasteiger partial charge is 0.479 e. The van der Waals surface area contributed by atoms with E-state index in [9.17, 15) is 14.7 Å². The second-order valence-corrected chi connectivity index (χ2v) is 5.76. The van der Waals surface area contributed by atoms with Gasteiger partial charge in [0, 0.05) is 18.1 Å². The number of carboxylic acid groups (broad SMARTS) is 1. The molecule has 1 heterocycles. The monoisotopic (exact) mass is 352 g/mol. The first-order chi connectivity index (χ1) is 9.84. The van der Waals surface area contributed by atoms with Gasteiger partial charge in [-0.15, -0.1) is 0 Å². The molecule has 1 aliphatic heterocycles. The number of benzene rings is 1. The molecule has 2 rings (SSSR count). The number of hydrogen-bond donors (Lipinski definition) is 3. The van der Waals surface area contributed by atoms with Crippen LogP contribution in [0.15, 0.2) is 12.1 Å². The minimum Gasteiger partial charge on any atom is -0.479 e. The van der Waals surface area contributed by atoms with E-state index in [1.165, 1.54) is 12.1 Å². The first-order valence-electron chi connectivity index (χ1n) is 5.89. The van der Waals surface area contributed by atoms with Gasteiger partial charge in [0.2, 0.25) is 0 Å². The van der Waals surface area contributed by atoms with E-state index in [2.05, 4.69) is 10.6 Å². The van der Waals surface area contributed by atoms with Crippen molar-refractivity contribution in [1.82, 2.24) is 5.32 Å². The highest BCUT2D eigenvalue weighted by Crippen LogP contribution is 2.33. The van der Waals surface area contributed by atoms with Crippen molar-refractivity contribution in [2.75, 3.05) is 18.5 Å². The Morgan fingerprint density at radius 2 is 1.86 bits per heavy atom. The Balaban J connectivity index is 2.14. The highest BCUT2D eigenvalue weighted by atomic mass is 35.5. The summed E-state index contributed by atoms with van der Waals surface area (Å²) >= 11 is 17.6. The molecule has 1 aromatic carbocycles. The SMILES string of the molecule is O=C(Nc1c(Cl)cc(Cl)cc1Cl)NC1(C(=O)O)CCOC1. The lowest BCUT2D eigenvalue weighted by atomic mass is 9.99. The third-order valence-corrected chi connectivity index (χ3v) is 3.84. The first-order valence-corrected chi connectivity index (χ1v) is 7.02. The molecular formula is C12H11Cl3N2O4. The summed E-state index contributed by atoms with van der Waals surface area (Å²) in [5, 5.41) is 14.7. The topological polar surface area (TPSA) is 87.7 Å². The molecule has 1 atom stereocenters. The molecule has 114 valence electrons. The van der Waals surface area contributed by atoms with E-state index < -0.39 is 17.5 Å². The second kappa shape index (κ2) is 6.27. The fraction of sp³-hybridized carbons (Fsp3) is 0.333. The van der Waals surface area contributed by atoms with Crippen LogP contribution in [-0.4, -0.2) is 35.9 Å². The molecule has 6 nitrogen and oxygen atoms in total. The summed E-state index contributed by atoms with van der Waals surface area (Å²) in [6.45, 7) is 0.160. The van der Waals surface area contributed by atoms with E-state index in [0.717, 1.165) is 0 Å². The smallest absolute Gasteiger partial charge is 0.332 e. The number of urea groups is 1. The molecule has 1 aliphatic rings. The molecule has 0 aliphatic carbocycles. The quantitative estimate of drug-likeness (QED) is 0.779. The van der Waals surface area contributed by atoms with Gasteiger partial charge in [0.15, 0.2) is 5.54 Å². The first kappa shape index (κ1) is 16.2. The van der Waals surface area contributed by atoms with Crippen LogP contribution in [0.3, 0.4) is 0 Å². The zero-order chi connectivity index (χ0) is 15.6. The fourth-order valence-corrected chi connectivity index (χ4v) is 2.82. The number of hydrogen-bond acceptors (Lipinski definition) is 3. The van der Waals surface area contributed by atoms with Crippen molar-refractivity contribution < 1.29 is 19.4 Å². The van der Waals surface area contributed by atoms with Gasteiger partial charge in [-0.25, -0.2) is 9.59 Å². The Labute approximate surface area is 135 Å². The van der Waals surface area contributed by atoms with Gasteiger partial charge >= 0.3 is 12.0 Å². The predicted molar refractivity (Wildman–Crippen MR) is 79.4 cm³/mol. The standard InChI is InChI=1S/C12H11Cl3N2O4/c13-6-3-7(14)9(8(15)4-6)16-11(20)17-12(10(18)19)1-2-21-5-12/h3-4H,1-2,5H2,(H,18,19)(H2,16,17,20). The number of anilines is 1. The maximum atomic E-state index is 12.0. The predicted octanol–water partition coefficient (Wildman–Crippen LogP) is 3.01. The Hall–Kier alpha value is -1.21. The summed E-state index contributed by atoms with van der Waals surface area (Å²) in [4.78, 5) is 23.3. The van der Waals surface area contributed by atoms with Crippen LogP contribution in [0.1, 0.15) is 6.42 Å². The molecule has 1 fully saturated rings. The van der Waals surface area contributed by atoms with Gasteiger partial charge in [-0.3, -0.25) is 0 Å². The molecule has 2 amide bonds. The number of rotatable bonds is 3. The van der Waals surface area contributed by atoms with Gasteiger partial charge in [0.1, 0.15) is 0 Å². The van der Waals surface area contributed by atoms with Crippen LogP contribution < -0.4 is 10.6 Å². The minimum absolute atomic E-state index is 0.0994. The Bertz CT molecular complexity index is 565. The molecule has 1 unspecified atom stereocenters. The van der Waals surface area contributed by atoms with Crippen LogP contribution in [0.2, 0.25) is 15.1 Å². The average molecular weight is 354 g/mol. The summed E-state index contributed by atoms with van der Waals surface area (Å²) in [5.74, 6) is -1.16. The van der Waals surface area contributed by atoms with E-state index in [-0.39, 0.29) is 35.4 Å². The maximum Gasteiger partial charge on any atom is 0.332 e. The van der Waals surface area contributed by atoms with Crippen LogP contribution in [0.5, 0.6) is 0 Å². The van der Waals surface area contributed by atoms with Crippen LogP contribution in [0.25, 0.3) is 0 Å². The van der Waals surface area contributed by atoms with Crippen molar-refractivity contribution in [2.24, 2.45) is 0 Å². The Kier molecular flexibility index (Phi) is 4.83. The maximum absolute atomic E-state index is 12.0. The van der Waals surface area contributed by atoms with Gasteiger partial charge in [-0.1, -0.05) is 34.8 Å². The number of ether oxygens (including phenoxy) is 1. The number of carboxylic acids is 1. The molecule has 21 heavy (non-hydrogen) atoms. The second-order valence-electron chi connectivity index (χ2n) is 4.51. The number of halogens is 3. The molecule has 1 saturated heterocycles. The normalized spacial score (nSPS) is 21.1. The summed E-state index contributed by atoms with van der Waals surface area (Å²) in [6.07, 6.45) is 0.178. The minimum atomic E-state index is -1.45. The number of carbonyl (C=O) groups excluding carboxylic acids is 1. The average Bonchev–Trinajstić information content (AvgIpc) is 2.83. The van der Waals surface area contributed by atoms with Gasteiger partial charge in [-0.05, 0) is 12.1 Å². The lowest BCUT2D eigenvalue weighted by molar-refractivity contribution is -0.144. The number of nitrogens with one attached hydrogen (secondary N) is 2. The lowest BCUT2D eigenvalue weighted by Gasteiger charge is -2.24. The summed E-state index contributed by atoms with van der Waals surface area (Å²) in [7, 11) is 0. The molecule has 0 aromatic heterocycles. The highest BCUT2D eigenvalue weighted by molar-refractivity contribution is 6.42. The molecule has 0 radical (unpaired) electrons. The number of carbonyl (C=O) groups is 2. The van der Waals surface area contributed by atoms with E-state index in [0.29, 0.717) is 5.02 Å². The molecule has 9 heteroatoms. The van der Waals surface area contributed by atoms with E-state index >= 15 is 0 Å². The third-order valence-electron chi connectivity index (χ3n) is 3.03. The molecule has 0 spiro atoms. The van der Waals surface area contributed by atoms with Gasteiger partial charge in [0.05, 0.1) is 22.3 Å². The van der Waals surface area contributed by atoms with Crippen LogP contribution in [0, 0.1) is 0 Å². The molecule has 3 N–H and O–H groups in total. The van der Waals surface area contributed by atoms with Crippen molar-refractivity contribution in [3.05, 3.63) is 27.2 Å². The zero-order valence-corrected chi connectivity index (χ0v) is 12.8. The third kappa shape index (κ3) is 3.52. The molecule has 0 saturated carbocycles. The number of aliphatic carboxylic acids is 1. The Morgan fingerprint density at radius 1 is 1.24 bits per heavy atom. The van der Waals surface area contributed by atoms with Crippen molar-refractivity contribution >= 4 is 52.5 Å². The van der Waals surface area contributed by atoms with Crippen molar-refractivity contribution in [3.8, 4) is 0 Å². The fourth-order valence-electron chi connectivity index (χ4n) is 1.91. The van der Waals surface area contributed by atoms with E-state index in [4.69, 9.17) is 39.5 Å². The molecule has 0 bridgehead atoms. The van der Waals surface area contributed by atoms with E-state index in [1.54, 1.807) is 0 Å². The van der Waals surface area contributed by atoms with Gasteiger partial charge in [0.25, 0.3) is 0 Å². The van der Waals surface area contributed by atoms with E-state index in [1.807, 2.05) is 0 Å².